The van der Waals surface area contributed by atoms with Crippen LogP contribution in [0.4, 0.5) is 4.39 Å². The standard InChI is InChI=1S/C21H18Cl2FN3O2/c1-27(2)11-14-4-3-12(9-25-14)7-18(28)17-8-13(10-26-17)21(29)19-15(22)5-6-16(23)20(19)24/h3-6,8-10,26H,7,11H2,1-2H3. The van der Waals surface area contributed by atoms with Crippen molar-refractivity contribution < 1.29 is 14.0 Å². The smallest absolute Gasteiger partial charge is 0.199 e. The summed E-state index contributed by atoms with van der Waals surface area (Å²) in [6.45, 7) is 0.707. The number of aromatic nitrogens is 2. The Kier molecular flexibility index (Phi) is 6.47. The molecule has 3 rings (SSSR count). The Labute approximate surface area is 177 Å². The largest absolute Gasteiger partial charge is 0.358 e. The normalized spacial score (nSPS) is 11.1. The number of aromatic amines is 1. The first-order chi connectivity index (χ1) is 13.8. The molecule has 0 aliphatic heterocycles. The molecule has 5 nitrogen and oxygen atoms in total. The van der Waals surface area contributed by atoms with Gasteiger partial charge in [0.2, 0.25) is 0 Å². The molecule has 2 aromatic heterocycles. The van der Waals surface area contributed by atoms with Gasteiger partial charge in [-0.05, 0) is 43.9 Å². The lowest BCUT2D eigenvalue weighted by atomic mass is 10.0. The highest BCUT2D eigenvalue weighted by atomic mass is 35.5. The molecule has 0 aliphatic carbocycles. The molecule has 0 bridgehead atoms. The van der Waals surface area contributed by atoms with E-state index in [-0.39, 0.29) is 39.1 Å². The predicted molar refractivity (Wildman–Crippen MR) is 110 cm³/mol. The summed E-state index contributed by atoms with van der Waals surface area (Å²) in [5, 5.41) is -0.246. The van der Waals surface area contributed by atoms with E-state index < -0.39 is 11.6 Å². The van der Waals surface area contributed by atoms with Gasteiger partial charge < -0.3 is 9.88 Å². The number of Topliss-reactive ketones (excluding diaryl/α,β-unsaturated/α-hetero) is 1. The maximum absolute atomic E-state index is 14.2. The Balaban J connectivity index is 1.75. The van der Waals surface area contributed by atoms with E-state index in [1.54, 1.807) is 6.20 Å². The molecular weight excluding hydrogens is 416 g/mol. The predicted octanol–water partition coefficient (Wildman–Crippen LogP) is 4.57. The van der Waals surface area contributed by atoms with Gasteiger partial charge in [-0.3, -0.25) is 14.6 Å². The lowest BCUT2D eigenvalue weighted by Gasteiger charge is -2.08. The summed E-state index contributed by atoms with van der Waals surface area (Å²) in [4.78, 5) is 34.3. The van der Waals surface area contributed by atoms with Crippen molar-refractivity contribution >= 4 is 34.8 Å². The van der Waals surface area contributed by atoms with Gasteiger partial charge in [0, 0.05) is 30.9 Å². The van der Waals surface area contributed by atoms with Gasteiger partial charge in [0.05, 0.1) is 27.0 Å². The molecule has 3 aromatic rings. The van der Waals surface area contributed by atoms with E-state index in [4.69, 9.17) is 23.2 Å². The maximum Gasteiger partial charge on any atom is 0.199 e. The lowest BCUT2D eigenvalue weighted by molar-refractivity contribution is 0.0988. The fourth-order valence-electron chi connectivity index (χ4n) is 2.82. The van der Waals surface area contributed by atoms with Gasteiger partial charge >= 0.3 is 0 Å². The van der Waals surface area contributed by atoms with Crippen LogP contribution in [0.5, 0.6) is 0 Å². The Hall–Kier alpha value is -2.54. The summed E-state index contributed by atoms with van der Waals surface area (Å²) in [7, 11) is 3.90. The molecule has 0 amide bonds. The van der Waals surface area contributed by atoms with Gasteiger partial charge in [0.1, 0.15) is 0 Å². The van der Waals surface area contributed by atoms with E-state index in [1.807, 2.05) is 31.1 Å². The van der Waals surface area contributed by atoms with E-state index in [9.17, 15) is 14.0 Å². The van der Waals surface area contributed by atoms with Crippen LogP contribution in [-0.2, 0) is 13.0 Å². The molecule has 0 atom stereocenters. The fraction of sp³-hybridized carbons (Fsp3) is 0.190. The number of halogens is 3. The number of carbonyl (C=O) groups is 2. The number of ketones is 2. The van der Waals surface area contributed by atoms with Crippen LogP contribution in [-0.4, -0.2) is 40.5 Å². The third-order valence-corrected chi connectivity index (χ3v) is 4.85. The second kappa shape index (κ2) is 8.86. The number of pyridine rings is 1. The molecule has 150 valence electrons. The Morgan fingerprint density at radius 3 is 2.52 bits per heavy atom. The van der Waals surface area contributed by atoms with Crippen LogP contribution < -0.4 is 0 Å². The molecule has 0 fully saturated rings. The van der Waals surface area contributed by atoms with Crippen molar-refractivity contribution in [3.05, 3.63) is 86.7 Å². The molecule has 0 saturated heterocycles. The van der Waals surface area contributed by atoms with Crippen molar-refractivity contribution in [2.45, 2.75) is 13.0 Å². The number of H-pyrrole nitrogens is 1. The number of rotatable bonds is 7. The lowest BCUT2D eigenvalue weighted by Crippen LogP contribution is -2.12. The van der Waals surface area contributed by atoms with Crippen molar-refractivity contribution in [2.75, 3.05) is 14.1 Å². The molecule has 0 aliphatic rings. The Morgan fingerprint density at radius 1 is 1.14 bits per heavy atom. The second-order valence-corrected chi connectivity index (χ2v) is 7.66. The second-order valence-electron chi connectivity index (χ2n) is 6.84. The molecule has 29 heavy (non-hydrogen) atoms. The van der Waals surface area contributed by atoms with Crippen LogP contribution in [0.3, 0.4) is 0 Å². The van der Waals surface area contributed by atoms with Crippen LogP contribution in [0.25, 0.3) is 0 Å². The maximum atomic E-state index is 14.2. The third-order valence-electron chi connectivity index (χ3n) is 4.25. The minimum absolute atomic E-state index is 0.0464. The Bertz CT molecular complexity index is 1060. The number of nitrogens with one attached hydrogen (secondary N) is 1. The minimum atomic E-state index is -0.887. The number of hydrogen-bond acceptors (Lipinski definition) is 4. The summed E-state index contributed by atoms with van der Waals surface area (Å²) in [5.41, 5.74) is 1.70. The zero-order chi connectivity index (χ0) is 21.1. The van der Waals surface area contributed by atoms with Crippen molar-refractivity contribution in [1.29, 1.82) is 0 Å². The van der Waals surface area contributed by atoms with Crippen molar-refractivity contribution in [3.63, 3.8) is 0 Å². The van der Waals surface area contributed by atoms with Crippen LogP contribution >= 0.6 is 23.2 Å². The van der Waals surface area contributed by atoms with Gasteiger partial charge in [-0.2, -0.15) is 0 Å². The molecule has 1 N–H and O–H groups in total. The number of benzene rings is 1. The SMILES string of the molecule is CN(C)Cc1ccc(CC(=O)c2cc(C(=O)c3c(Cl)ccc(Cl)c3F)c[nH]2)cn1. The highest BCUT2D eigenvalue weighted by molar-refractivity contribution is 6.37. The molecule has 0 radical (unpaired) electrons. The third kappa shape index (κ3) is 4.90. The average molecular weight is 434 g/mol. The summed E-state index contributed by atoms with van der Waals surface area (Å²) in [6.07, 6.45) is 3.13. The van der Waals surface area contributed by atoms with Crippen LogP contribution in [0, 0.1) is 5.82 Å². The summed E-state index contributed by atoms with van der Waals surface area (Å²) < 4.78 is 14.2. The van der Waals surface area contributed by atoms with Crippen molar-refractivity contribution in [2.24, 2.45) is 0 Å². The molecule has 0 saturated carbocycles. The highest BCUT2D eigenvalue weighted by Crippen LogP contribution is 2.28. The van der Waals surface area contributed by atoms with Crippen LogP contribution in [0.15, 0.2) is 42.7 Å². The first-order valence-electron chi connectivity index (χ1n) is 8.74. The van der Waals surface area contributed by atoms with Gasteiger partial charge in [0.25, 0.3) is 0 Å². The van der Waals surface area contributed by atoms with E-state index in [0.29, 0.717) is 6.54 Å². The van der Waals surface area contributed by atoms with Crippen LogP contribution in [0.2, 0.25) is 10.0 Å². The monoisotopic (exact) mass is 433 g/mol. The molecule has 0 unspecified atom stereocenters. The quantitative estimate of drug-likeness (QED) is 0.437. The molecule has 8 heteroatoms. The van der Waals surface area contributed by atoms with E-state index >= 15 is 0 Å². The number of nitrogens with zero attached hydrogens (tertiary/aromatic N) is 2. The zero-order valence-corrected chi connectivity index (χ0v) is 17.3. The van der Waals surface area contributed by atoms with E-state index in [1.165, 1.54) is 24.4 Å². The molecule has 2 heterocycles. The van der Waals surface area contributed by atoms with Gasteiger partial charge in [-0.25, -0.2) is 4.39 Å². The van der Waals surface area contributed by atoms with E-state index in [2.05, 4.69) is 9.97 Å². The molecule has 0 spiro atoms. The first-order valence-corrected chi connectivity index (χ1v) is 9.50. The average Bonchev–Trinajstić information content (AvgIpc) is 3.16. The summed E-state index contributed by atoms with van der Waals surface area (Å²) >= 11 is 11.7. The minimum Gasteiger partial charge on any atom is -0.358 e. The summed E-state index contributed by atoms with van der Waals surface area (Å²) in [5.74, 6) is -1.76. The number of carbonyl (C=O) groups excluding carboxylic acids is 2. The Morgan fingerprint density at radius 2 is 1.86 bits per heavy atom. The van der Waals surface area contributed by atoms with E-state index in [0.717, 1.165) is 11.3 Å². The number of hydrogen-bond donors (Lipinski definition) is 1. The zero-order valence-electron chi connectivity index (χ0n) is 15.8. The van der Waals surface area contributed by atoms with Gasteiger partial charge in [-0.1, -0.05) is 29.3 Å². The highest BCUT2D eigenvalue weighted by Gasteiger charge is 2.22. The van der Waals surface area contributed by atoms with Gasteiger partial charge in [0.15, 0.2) is 17.4 Å². The molecular formula is C21H18Cl2FN3O2. The summed E-state index contributed by atoms with van der Waals surface area (Å²) in [6, 6.07) is 7.73. The fourth-order valence-corrected chi connectivity index (χ4v) is 3.21. The first kappa shape index (κ1) is 21.2. The van der Waals surface area contributed by atoms with Crippen LogP contribution in [0.1, 0.15) is 37.7 Å². The van der Waals surface area contributed by atoms with Gasteiger partial charge in [-0.15, -0.1) is 0 Å². The molecule has 1 aromatic carbocycles. The topological polar surface area (TPSA) is 66.1 Å². The van der Waals surface area contributed by atoms with Crippen molar-refractivity contribution in [3.8, 4) is 0 Å². The van der Waals surface area contributed by atoms with Crippen molar-refractivity contribution in [1.82, 2.24) is 14.9 Å².